The summed E-state index contributed by atoms with van der Waals surface area (Å²) in [5.74, 6) is 0. The van der Waals surface area contributed by atoms with E-state index in [0.29, 0.717) is 0 Å². The average Bonchev–Trinajstić information content (AvgIpc) is 2.16. The van der Waals surface area contributed by atoms with Crippen molar-refractivity contribution in [3.63, 3.8) is 0 Å². The predicted octanol–water partition coefficient (Wildman–Crippen LogP) is 3.14. The zero-order valence-corrected chi connectivity index (χ0v) is 11.8. The van der Waals surface area contributed by atoms with Crippen LogP contribution in [0.5, 0.6) is 0 Å². The standard InChI is InChI=1S/C13H24N2S/c1-11-8-15(9-12(2)16-11)7-5-6-13(3,4)10-14/h11-12H,5-9H2,1-4H3. The lowest BCUT2D eigenvalue weighted by Crippen LogP contribution is -2.40. The first-order valence-corrected chi connectivity index (χ1v) is 7.16. The molecule has 1 aliphatic rings. The zero-order chi connectivity index (χ0) is 12.2. The molecule has 0 aromatic carbocycles. The van der Waals surface area contributed by atoms with E-state index in [1.54, 1.807) is 0 Å². The Morgan fingerprint density at radius 1 is 1.31 bits per heavy atom. The maximum absolute atomic E-state index is 8.95. The third-order valence-corrected chi connectivity index (χ3v) is 4.30. The Bertz CT molecular complexity index is 247. The van der Waals surface area contributed by atoms with Crippen LogP contribution in [0.1, 0.15) is 40.5 Å². The highest BCUT2D eigenvalue weighted by Crippen LogP contribution is 2.26. The van der Waals surface area contributed by atoms with Gasteiger partial charge in [0.15, 0.2) is 0 Å². The Morgan fingerprint density at radius 2 is 1.88 bits per heavy atom. The molecule has 92 valence electrons. The van der Waals surface area contributed by atoms with Gasteiger partial charge in [0.1, 0.15) is 0 Å². The fraction of sp³-hybridized carbons (Fsp3) is 0.923. The normalized spacial score (nSPS) is 27.7. The van der Waals surface area contributed by atoms with Crippen molar-refractivity contribution in [1.29, 1.82) is 5.26 Å². The highest BCUT2D eigenvalue weighted by molar-refractivity contribution is 8.00. The molecule has 0 amide bonds. The molecule has 0 spiro atoms. The second-order valence-electron chi connectivity index (χ2n) is 5.62. The lowest BCUT2D eigenvalue weighted by atomic mass is 9.90. The molecule has 1 heterocycles. The number of nitrogens with zero attached hydrogens (tertiary/aromatic N) is 2. The van der Waals surface area contributed by atoms with Crippen molar-refractivity contribution >= 4 is 11.8 Å². The van der Waals surface area contributed by atoms with Crippen LogP contribution in [0.3, 0.4) is 0 Å². The molecular formula is C13H24N2S. The van der Waals surface area contributed by atoms with Crippen molar-refractivity contribution in [1.82, 2.24) is 4.90 Å². The molecule has 0 bridgehead atoms. The average molecular weight is 240 g/mol. The van der Waals surface area contributed by atoms with Crippen LogP contribution < -0.4 is 0 Å². The Balaban J connectivity index is 2.25. The minimum atomic E-state index is -0.151. The van der Waals surface area contributed by atoms with Gasteiger partial charge >= 0.3 is 0 Å². The largest absolute Gasteiger partial charge is 0.301 e. The van der Waals surface area contributed by atoms with Crippen molar-refractivity contribution in [2.75, 3.05) is 19.6 Å². The van der Waals surface area contributed by atoms with Gasteiger partial charge in [0.05, 0.1) is 11.5 Å². The number of thioether (sulfide) groups is 1. The van der Waals surface area contributed by atoms with Gasteiger partial charge in [0.25, 0.3) is 0 Å². The summed E-state index contributed by atoms with van der Waals surface area (Å²) in [7, 11) is 0. The first-order valence-electron chi connectivity index (χ1n) is 6.22. The number of hydrogen-bond donors (Lipinski definition) is 0. The molecule has 0 aromatic rings. The van der Waals surface area contributed by atoms with Gasteiger partial charge in [-0.05, 0) is 33.2 Å². The Morgan fingerprint density at radius 3 is 2.38 bits per heavy atom. The molecule has 2 unspecified atom stereocenters. The van der Waals surface area contributed by atoms with Crippen LogP contribution in [0.4, 0.5) is 0 Å². The van der Waals surface area contributed by atoms with E-state index in [1.165, 1.54) is 13.1 Å². The van der Waals surface area contributed by atoms with E-state index in [4.69, 9.17) is 5.26 Å². The van der Waals surface area contributed by atoms with Gasteiger partial charge in [-0.15, -0.1) is 0 Å². The Labute approximate surface area is 104 Å². The van der Waals surface area contributed by atoms with E-state index in [-0.39, 0.29) is 5.41 Å². The first kappa shape index (κ1) is 13.9. The molecule has 2 atom stereocenters. The molecule has 1 saturated heterocycles. The van der Waals surface area contributed by atoms with Crippen LogP contribution in [-0.2, 0) is 0 Å². The zero-order valence-electron chi connectivity index (χ0n) is 11.0. The summed E-state index contributed by atoms with van der Waals surface area (Å²) in [6.07, 6.45) is 2.15. The van der Waals surface area contributed by atoms with Crippen molar-refractivity contribution < 1.29 is 0 Å². The Hall–Kier alpha value is -0.200. The van der Waals surface area contributed by atoms with Crippen LogP contribution in [-0.4, -0.2) is 35.0 Å². The quantitative estimate of drug-likeness (QED) is 0.755. The molecule has 2 nitrogen and oxygen atoms in total. The van der Waals surface area contributed by atoms with E-state index < -0.39 is 0 Å². The molecule has 0 aliphatic carbocycles. The predicted molar refractivity (Wildman–Crippen MR) is 71.6 cm³/mol. The fourth-order valence-electron chi connectivity index (χ4n) is 2.27. The van der Waals surface area contributed by atoms with Crippen molar-refractivity contribution in [2.45, 2.75) is 51.0 Å². The van der Waals surface area contributed by atoms with Gasteiger partial charge in [-0.2, -0.15) is 17.0 Å². The summed E-state index contributed by atoms with van der Waals surface area (Å²) in [5.41, 5.74) is -0.151. The maximum Gasteiger partial charge on any atom is 0.0683 e. The number of hydrogen-bond acceptors (Lipinski definition) is 3. The third-order valence-electron chi connectivity index (χ3n) is 3.07. The van der Waals surface area contributed by atoms with Crippen LogP contribution in [0, 0.1) is 16.7 Å². The topological polar surface area (TPSA) is 27.0 Å². The molecule has 1 fully saturated rings. The van der Waals surface area contributed by atoms with Crippen LogP contribution >= 0.6 is 11.8 Å². The van der Waals surface area contributed by atoms with E-state index >= 15 is 0 Å². The molecule has 0 saturated carbocycles. The second-order valence-corrected chi connectivity index (χ2v) is 7.50. The lowest BCUT2D eigenvalue weighted by molar-refractivity contribution is 0.253. The summed E-state index contributed by atoms with van der Waals surface area (Å²) >= 11 is 2.09. The molecular weight excluding hydrogens is 216 g/mol. The summed E-state index contributed by atoms with van der Waals surface area (Å²) < 4.78 is 0. The van der Waals surface area contributed by atoms with E-state index in [1.807, 2.05) is 13.8 Å². The van der Waals surface area contributed by atoms with Crippen LogP contribution in [0.25, 0.3) is 0 Å². The monoisotopic (exact) mass is 240 g/mol. The van der Waals surface area contributed by atoms with Crippen LogP contribution in [0.2, 0.25) is 0 Å². The highest BCUT2D eigenvalue weighted by atomic mass is 32.2. The molecule has 1 aliphatic heterocycles. The third kappa shape index (κ3) is 4.76. The fourth-order valence-corrected chi connectivity index (χ4v) is 3.65. The van der Waals surface area contributed by atoms with Gasteiger partial charge in [-0.1, -0.05) is 13.8 Å². The molecule has 16 heavy (non-hydrogen) atoms. The van der Waals surface area contributed by atoms with Gasteiger partial charge in [0.2, 0.25) is 0 Å². The first-order chi connectivity index (χ1) is 7.43. The van der Waals surface area contributed by atoms with Crippen LogP contribution in [0.15, 0.2) is 0 Å². The van der Waals surface area contributed by atoms with Crippen molar-refractivity contribution in [3.8, 4) is 6.07 Å². The van der Waals surface area contributed by atoms with Gasteiger partial charge < -0.3 is 4.90 Å². The maximum atomic E-state index is 8.95. The van der Waals surface area contributed by atoms with Gasteiger partial charge in [-0.3, -0.25) is 0 Å². The molecule has 0 N–H and O–H groups in total. The summed E-state index contributed by atoms with van der Waals surface area (Å²) in [5, 5.41) is 10.5. The molecule has 1 rings (SSSR count). The van der Waals surface area contributed by atoms with E-state index in [0.717, 1.165) is 29.9 Å². The lowest BCUT2D eigenvalue weighted by Gasteiger charge is -2.34. The minimum absolute atomic E-state index is 0.151. The number of nitriles is 1. The van der Waals surface area contributed by atoms with Crippen molar-refractivity contribution in [2.24, 2.45) is 5.41 Å². The summed E-state index contributed by atoms with van der Waals surface area (Å²) in [6.45, 7) is 12.3. The van der Waals surface area contributed by atoms with E-state index in [9.17, 15) is 0 Å². The summed E-state index contributed by atoms with van der Waals surface area (Å²) in [4.78, 5) is 2.55. The Kier molecular flexibility index (Phi) is 5.14. The molecule has 3 heteroatoms. The highest BCUT2D eigenvalue weighted by Gasteiger charge is 2.23. The summed E-state index contributed by atoms with van der Waals surface area (Å²) in [6, 6.07) is 2.37. The van der Waals surface area contributed by atoms with Crippen molar-refractivity contribution in [3.05, 3.63) is 0 Å². The minimum Gasteiger partial charge on any atom is -0.301 e. The smallest absolute Gasteiger partial charge is 0.0683 e. The van der Waals surface area contributed by atoms with Gasteiger partial charge in [0, 0.05) is 23.6 Å². The SMILES string of the molecule is CC1CN(CCCC(C)(C)C#N)CC(C)S1. The molecule has 0 radical (unpaired) electrons. The molecule has 0 aromatic heterocycles. The second kappa shape index (κ2) is 5.93. The number of rotatable bonds is 4. The van der Waals surface area contributed by atoms with Gasteiger partial charge in [-0.25, -0.2) is 0 Å². The van der Waals surface area contributed by atoms with E-state index in [2.05, 4.69) is 36.6 Å².